The van der Waals surface area contributed by atoms with E-state index in [9.17, 15) is 0 Å². The molecule has 0 N–H and O–H groups in total. The molecule has 2 heteroatoms. The summed E-state index contributed by atoms with van der Waals surface area (Å²) >= 11 is 0.0909. The average molecular weight is 826 g/mol. The summed E-state index contributed by atoms with van der Waals surface area (Å²) in [6, 6.07) is 76.0. The number of fused-ring (bicyclic) bond motifs is 10. The van der Waals surface area contributed by atoms with Gasteiger partial charge in [0.05, 0.1) is 0 Å². The molecule has 2 aromatic heterocycles. The Morgan fingerprint density at radius 1 is 0.283 bits per heavy atom. The molecule has 0 saturated carbocycles. The van der Waals surface area contributed by atoms with E-state index in [-0.39, 0.29) is 14.5 Å². The Morgan fingerprint density at radius 2 is 0.700 bits per heavy atom. The molecule has 0 aliphatic rings. The van der Waals surface area contributed by atoms with Crippen molar-refractivity contribution in [3.63, 3.8) is 0 Å². The van der Waals surface area contributed by atoms with Gasteiger partial charge in [0.1, 0.15) is 0 Å². The van der Waals surface area contributed by atoms with Crippen LogP contribution in [0.2, 0.25) is 0 Å². The molecule has 0 radical (unpaired) electrons. The first kappa shape index (κ1) is 33.7. The molecule has 0 aliphatic heterocycles. The quantitative estimate of drug-likeness (QED) is 0.127. The van der Waals surface area contributed by atoms with Crippen LogP contribution in [0.15, 0.2) is 211 Å². The Labute approximate surface area is 352 Å². The number of para-hydroxylation sites is 2. The third-order valence-corrected chi connectivity index (χ3v) is 15.2. The molecule has 0 unspecified atom stereocenters. The van der Waals surface area contributed by atoms with Crippen LogP contribution in [0.4, 0.5) is 0 Å². The zero-order valence-corrected chi connectivity index (χ0v) is 34.2. The zero-order valence-electron chi connectivity index (χ0n) is 32.4. The summed E-state index contributed by atoms with van der Waals surface area (Å²) in [7, 11) is 0. The van der Waals surface area contributed by atoms with Crippen LogP contribution in [0.25, 0.3) is 129 Å². The molecule has 13 aromatic rings. The van der Waals surface area contributed by atoms with E-state index in [4.69, 9.17) is 4.42 Å². The van der Waals surface area contributed by atoms with Gasteiger partial charge in [-0.05, 0) is 0 Å². The van der Waals surface area contributed by atoms with Crippen LogP contribution in [-0.2, 0) is 0 Å². The molecule has 278 valence electrons. The topological polar surface area (TPSA) is 13.1 Å². The Hall–Kier alpha value is -7.22. The first-order chi connectivity index (χ1) is 29.8. The van der Waals surface area contributed by atoms with Crippen molar-refractivity contribution in [2.24, 2.45) is 0 Å². The van der Waals surface area contributed by atoms with Crippen LogP contribution < -0.4 is 0 Å². The van der Waals surface area contributed by atoms with Gasteiger partial charge in [0.25, 0.3) is 0 Å². The van der Waals surface area contributed by atoms with Crippen molar-refractivity contribution in [1.29, 1.82) is 0 Å². The third kappa shape index (κ3) is 4.81. The Balaban J connectivity index is 1.11. The fraction of sp³-hybridized carbons (Fsp3) is 0. The van der Waals surface area contributed by atoms with E-state index < -0.39 is 0 Å². The summed E-state index contributed by atoms with van der Waals surface area (Å²) in [6.07, 6.45) is 0. The molecule has 0 atom stereocenters. The van der Waals surface area contributed by atoms with Gasteiger partial charge in [-0.2, -0.15) is 0 Å². The fourth-order valence-electron chi connectivity index (χ4n) is 10.2. The van der Waals surface area contributed by atoms with E-state index in [2.05, 4.69) is 206 Å². The molecule has 60 heavy (non-hydrogen) atoms. The summed E-state index contributed by atoms with van der Waals surface area (Å²) in [5.41, 5.74) is 12.0. The van der Waals surface area contributed by atoms with Gasteiger partial charge in [0.2, 0.25) is 0 Å². The summed E-state index contributed by atoms with van der Waals surface area (Å²) < 4.78 is 9.56. The monoisotopic (exact) mass is 826 g/mol. The van der Waals surface area contributed by atoms with Gasteiger partial charge in [-0.1, -0.05) is 0 Å². The van der Waals surface area contributed by atoms with Crippen molar-refractivity contribution in [3.8, 4) is 44.5 Å². The number of hydrogen-bond donors (Lipinski definition) is 0. The summed E-state index contributed by atoms with van der Waals surface area (Å²) in [5, 5.41) is 15.1. The SMILES string of the molecule is c1ccc(-c2c3ccccc3c(-c3cccc4[se]c5c(-c6c7ccccc7c(-c7cccc8c7oc7ccccc78)c7ccccc67)cccc5c34)c3ccccc23)cc1. The molecule has 13 rings (SSSR count). The van der Waals surface area contributed by atoms with Crippen LogP contribution in [0.1, 0.15) is 0 Å². The summed E-state index contributed by atoms with van der Waals surface area (Å²) in [6.45, 7) is 0. The third-order valence-electron chi connectivity index (χ3n) is 12.7. The minimum absolute atomic E-state index is 0.0909. The second kappa shape index (κ2) is 13.1. The normalized spacial score (nSPS) is 12.0. The number of furan rings is 1. The Kier molecular flexibility index (Phi) is 7.39. The molecule has 0 bridgehead atoms. The van der Waals surface area contributed by atoms with Crippen LogP contribution in [0, 0.1) is 0 Å². The molecule has 0 fully saturated rings. The molecular formula is C58H34OSe. The van der Waals surface area contributed by atoms with Gasteiger partial charge in [-0.3, -0.25) is 0 Å². The molecule has 0 amide bonds. The second-order valence-corrected chi connectivity index (χ2v) is 18.0. The van der Waals surface area contributed by atoms with E-state index >= 15 is 0 Å². The van der Waals surface area contributed by atoms with Crippen molar-refractivity contribution in [1.82, 2.24) is 0 Å². The van der Waals surface area contributed by atoms with E-state index in [1.807, 2.05) is 0 Å². The van der Waals surface area contributed by atoms with Crippen molar-refractivity contribution in [3.05, 3.63) is 206 Å². The van der Waals surface area contributed by atoms with Gasteiger partial charge in [0.15, 0.2) is 0 Å². The van der Waals surface area contributed by atoms with Gasteiger partial charge in [0, 0.05) is 0 Å². The van der Waals surface area contributed by atoms with Gasteiger partial charge in [-0.15, -0.1) is 0 Å². The first-order valence-electron chi connectivity index (χ1n) is 20.6. The molecule has 0 spiro atoms. The standard InChI is InChI=1S/C58H34OSe/c1-2-17-35(18-3-1)52-37-20-4-6-22-39(37)53(40-23-7-5-21-38(40)52)46-29-16-34-51-56(46)49-32-15-31-48(58(49)60-51)55-43-26-10-8-24-41(43)54(42-25-9-11-27-44(42)55)47-30-14-28-45-36-19-12-13-33-50(36)59-57(45)47/h1-34H. The van der Waals surface area contributed by atoms with Gasteiger partial charge < -0.3 is 0 Å². The summed E-state index contributed by atoms with van der Waals surface area (Å²) in [5.74, 6) is 0. The van der Waals surface area contributed by atoms with Crippen LogP contribution in [-0.4, -0.2) is 14.5 Å². The molecule has 11 aromatic carbocycles. The average Bonchev–Trinajstić information content (AvgIpc) is 3.90. The van der Waals surface area contributed by atoms with E-state index in [1.165, 1.54) is 101 Å². The minimum atomic E-state index is 0.0909. The zero-order chi connectivity index (χ0) is 39.3. The van der Waals surface area contributed by atoms with E-state index in [1.54, 1.807) is 0 Å². The number of hydrogen-bond acceptors (Lipinski definition) is 1. The van der Waals surface area contributed by atoms with E-state index in [0.717, 1.165) is 27.5 Å². The van der Waals surface area contributed by atoms with Crippen molar-refractivity contribution in [2.75, 3.05) is 0 Å². The second-order valence-electron chi connectivity index (χ2n) is 15.8. The van der Waals surface area contributed by atoms with Crippen molar-refractivity contribution >= 4 is 98.8 Å². The van der Waals surface area contributed by atoms with Crippen molar-refractivity contribution in [2.45, 2.75) is 0 Å². The molecule has 1 nitrogen and oxygen atoms in total. The molecule has 0 saturated heterocycles. The van der Waals surface area contributed by atoms with Crippen LogP contribution in [0.5, 0.6) is 0 Å². The Morgan fingerprint density at radius 3 is 1.30 bits per heavy atom. The predicted octanol–water partition coefficient (Wildman–Crippen LogP) is 16.2. The summed E-state index contributed by atoms with van der Waals surface area (Å²) in [4.78, 5) is 0. The molecular weight excluding hydrogens is 792 g/mol. The first-order valence-corrected chi connectivity index (χ1v) is 22.3. The van der Waals surface area contributed by atoms with E-state index in [0.29, 0.717) is 0 Å². The number of rotatable bonds is 4. The van der Waals surface area contributed by atoms with Gasteiger partial charge >= 0.3 is 354 Å². The molecule has 2 heterocycles. The predicted molar refractivity (Wildman–Crippen MR) is 257 cm³/mol. The Bertz CT molecular complexity index is 3770. The molecule has 0 aliphatic carbocycles. The maximum atomic E-state index is 6.68. The van der Waals surface area contributed by atoms with Gasteiger partial charge in [-0.25, -0.2) is 0 Å². The van der Waals surface area contributed by atoms with Crippen molar-refractivity contribution < 1.29 is 4.42 Å². The maximum absolute atomic E-state index is 6.68. The number of benzene rings is 11. The van der Waals surface area contributed by atoms with Crippen LogP contribution >= 0.6 is 0 Å². The van der Waals surface area contributed by atoms with Crippen LogP contribution in [0.3, 0.4) is 0 Å². The fourth-order valence-corrected chi connectivity index (χ4v) is 12.9.